The first-order valence-electron chi connectivity index (χ1n) is 7.31. The Labute approximate surface area is 127 Å². The fourth-order valence-corrected chi connectivity index (χ4v) is 2.38. The van der Waals surface area contributed by atoms with E-state index in [2.05, 4.69) is 15.3 Å². The van der Waals surface area contributed by atoms with Crippen molar-refractivity contribution in [3.05, 3.63) is 27.0 Å². The van der Waals surface area contributed by atoms with Crippen molar-refractivity contribution in [1.82, 2.24) is 15.3 Å². The first kappa shape index (κ1) is 16.1. The fraction of sp³-hybridized carbons (Fsp3) is 0.643. The maximum Gasteiger partial charge on any atom is 0.407 e. The van der Waals surface area contributed by atoms with Crippen LogP contribution in [0.4, 0.5) is 10.5 Å². The van der Waals surface area contributed by atoms with Crippen LogP contribution in [0.3, 0.4) is 0 Å². The summed E-state index contributed by atoms with van der Waals surface area (Å²) >= 11 is 0. The van der Waals surface area contributed by atoms with Crippen molar-refractivity contribution in [1.29, 1.82) is 0 Å². The minimum atomic E-state index is -0.520. The second kappa shape index (κ2) is 6.25. The average molecular weight is 310 g/mol. The maximum absolute atomic E-state index is 11.7. The highest BCUT2D eigenvalue weighted by Crippen LogP contribution is 2.16. The van der Waals surface area contributed by atoms with Crippen molar-refractivity contribution in [2.24, 2.45) is 0 Å². The van der Waals surface area contributed by atoms with Gasteiger partial charge in [0.15, 0.2) is 0 Å². The molecule has 0 unspecified atom stereocenters. The lowest BCUT2D eigenvalue weighted by Gasteiger charge is -2.33. The predicted molar refractivity (Wildman–Crippen MR) is 82.3 cm³/mol. The molecule has 2 rings (SSSR count). The quantitative estimate of drug-likeness (QED) is 0.739. The number of H-pyrrole nitrogens is 2. The number of rotatable bonds is 2. The minimum absolute atomic E-state index is 0.0212. The fourth-order valence-electron chi connectivity index (χ4n) is 2.38. The van der Waals surface area contributed by atoms with Crippen LogP contribution in [0.25, 0.3) is 0 Å². The summed E-state index contributed by atoms with van der Waals surface area (Å²) in [6.07, 6.45) is 2.41. The van der Waals surface area contributed by atoms with Gasteiger partial charge in [0, 0.05) is 25.3 Å². The summed E-state index contributed by atoms with van der Waals surface area (Å²) in [6, 6.07) is 0.0212. The second-order valence-corrected chi connectivity index (χ2v) is 6.36. The molecule has 0 saturated carbocycles. The summed E-state index contributed by atoms with van der Waals surface area (Å²) in [5.41, 5.74) is -0.999. The zero-order valence-electron chi connectivity index (χ0n) is 13.1. The van der Waals surface area contributed by atoms with Gasteiger partial charge in [0.05, 0.1) is 0 Å². The van der Waals surface area contributed by atoms with Crippen molar-refractivity contribution in [2.75, 3.05) is 18.0 Å². The summed E-state index contributed by atoms with van der Waals surface area (Å²) in [5.74, 6) is 0. The Balaban J connectivity index is 1.89. The molecule has 0 spiro atoms. The summed E-state index contributed by atoms with van der Waals surface area (Å²) in [6.45, 7) is 6.69. The van der Waals surface area contributed by atoms with Crippen LogP contribution in [-0.2, 0) is 4.74 Å². The molecule has 1 aliphatic rings. The molecule has 1 aromatic rings. The SMILES string of the molecule is CC(C)(C)OC(=O)NC1CCN(c2c[nH]c(=O)[nH]c2=O)CC1. The van der Waals surface area contributed by atoms with Crippen LogP contribution in [0.5, 0.6) is 0 Å². The largest absolute Gasteiger partial charge is 0.444 e. The molecule has 22 heavy (non-hydrogen) atoms. The average Bonchev–Trinajstić information content (AvgIpc) is 2.38. The lowest BCUT2D eigenvalue weighted by molar-refractivity contribution is 0.0497. The number of carbonyl (C=O) groups excluding carboxylic acids is 1. The lowest BCUT2D eigenvalue weighted by Crippen LogP contribution is -2.47. The van der Waals surface area contributed by atoms with Crippen LogP contribution in [0.15, 0.2) is 15.8 Å². The van der Waals surface area contributed by atoms with Crippen molar-refractivity contribution >= 4 is 11.8 Å². The second-order valence-electron chi connectivity index (χ2n) is 6.36. The van der Waals surface area contributed by atoms with E-state index in [-0.39, 0.29) is 6.04 Å². The Bertz CT molecular complexity index is 635. The van der Waals surface area contributed by atoms with E-state index in [1.807, 2.05) is 25.7 Å². The molecule has 1 aromatic heterocycles. The molecule has 2 heterocycles. The van der Waals surface area contributed by atoms with Gasteiger partial charge in [-0.3, -0.25) is 9.78 Å². The molecule has 1 saturated heterocycles. The summed E-state index contributed by atoms with van der Waals surface area (Å²) < 4.78 is 5.23. The Morgan fingerprint density at radius 2 is 1.95 bits per heavy atom. The van der Waals surface area contributed by atoms with E-state index in [0.29, 0.717) is 31.6 Å². The normalized spacial score (nSPS) is 16.4. The highest BCUT2D eigenvalue weighted by molar-refractivity contribution is 5.68. The van der Waals surface area contributed by atoms with Crippen LogP contribution in [-0.4, -0.2) is 40.8 Å². The lowest BCUT2D eigenvalue weighted by atomic mass is 10.1. The standard InChI is InChI=1S/C14H22N4O4/c1-14(2,3)22-13(21)16-9-4-6-18(7-5-9)10-8-15-12(20)17-11(10)19/h8-9H,4-7H2,1-3H3,(H,16,21)(H2,15,17,19,20). The highest BCUT2D eigenvalue weighted by Gasteiger charge is 2.24. The van der Waals surface area contributed by atoms with Gasteiger partial charge >= 0.3 is 11.8 Å². The molecule has 0 aromatic carbocycles. The summed E-state index contributed by atoms with van der Waals surface area (Å²) in [4.78, 5) is 41.1. The number of aromatic nitrogens is 2. The molecule has 8 nitrogen and oxygen atoms in total. The van der Waals surface area contributed by atoms with Gasteiger partial charge in [-0.15, -0.1) is 0 Å². The van der Waals surface area contributed by atoms with Gasteiger partial charge in [-0.1, -0.05) is 0 Å². The van der Waals surface area contributed by atoms with Gasteiger partial charge in [-0.2, -0.15) is 0 Å². The van der Waals surface area contributed by atoms with Crippen LogP contribution in [0.2, 0.25) is 0 Å². The van der Waals surface area contributed by atoms with Crippen molar-refractivity contribution in [2.45, 2.75) is 45.3 Å². The monoisotopic (exact) mass is 310 g/mol. The molecule has 0 aliphatic carbocycles. The van der Waals surface area contributed by atoms with E-state index in [4.69, 9.17) is 4.74 Å². The van der Waals surface area contributed by atoms with Gasteiger partial charge in [0.1, 0.15) is 11.3 Å². The maximum atomic E-state index is 11.7. The van der Waals surface area contributed by atoms with Crippen LogP contribution in [0.1, 0.15) is 33.6 Å². The third-order valence-electron chi connectivity index (χ3n) is 3.36. The van der Waals surface area contributed by atoms with Gasteiger partial charge in [0.25, 0.3) is 5.56 Å². The zero-order chi connectivity index (χ0) is 16.3. The number of aromatic amines is 2. The van der Waals surface area contributed by atoms with Gasteiger partial charge in [-0.05, 0) is 33.6 Å². The minimum Gasteiger partial charge on any atom is -0.444 e. The number of hydrogen-bond donors (Lipinski definition) is 3. The Hall–Kier alpha value is -2.25. The van der Waals surface area contributed by atoms with Crippen LogP contribution >= 0.6 is 0 Å². The molecule has 0 radical (unpaired) electrons. The number of piperidine rings is 1. The van der Waals surface area contributed by atoms with Gasteiger partial charge in [0.2, 0.25) is 0 Å². The molecule has 1 amide bonds. The van der Waals surface area contributed by atoms with E-state index in [1.165, 1.54) is 6.20 Å². The molecule has 0 bridgehead atoms. The molecule has 3 N–H and O–H groups in total. The van der Waals surface area contributed by atoms with Crippen LogP contribution < -0.4 is 21.5 Å². The highest BCUT2D eigenvalue weighted by atomic mass is 16.6. The number of amides is 1. The predicted octanol–water partition coefficient (Wildman–Crippen LogP) is 0.557. The number of carbonyl (C=O) groups is 1. The van der Waals surface area contributed by atoms with Crippen molar-refractivity contribution < 1.29 is 9.53 Å². The first-order valence-corrected chi connectivity index (χ1v) is 7.31. The molecule has 0 atom stereocenters. The summed E-state index contributed by atoms with van der Waals surface area (Å²) in [7, 11) is 0. The topological polar surface area (TPSA) is 107 Å². The van der Waals surface area contributed by atoms with Crippen molar-refractivity contribution in [3.63, 3.8) is 0 Å². The third kappa shape index (κ3) is 4.37. The molecule has 122 valence electrons. The molecule has 1 aliphatic heterocycles. The molecular weight excluding hydrogens is 288 g/mol. The zero-order valence-corrected chi connectivity index (χ0v) is 13.1. The number of nitrogens with zero attached hydrogens (tertiary/aromatic N) is 1. The Morgan fingerprint density at radius 1 is 1.32 bits per heavy atom. The van der Waals surface area contributed by atoms with Gasteiger partial charge < -0.3 is 19.9 Å². The first-order chi connectivity index (χ1) is 10.2. The Kier molecular flexibility index (Phi) is 4.58. The number of ether oxygens (including phenoxy) is 1. The number of alkyl carbamates (subject to hydrolysis) is 1. The number of hydrogen-bond acceptors (Lipinski definition) is 5. The summed E-state index contributed by atoms with van der Waals surface area (Å²) in [5, 5.41) is 2.84. The van der Waals surface area contributed by atoms with E-state index in [9.17, 15) is 14.4 Å². The van der Waals surface area contributed by atoms with E-state index in [0.717, 1.165) is 0 Å². The van der Waals surface area contributed by atoms with Gasteiger partial charge in [-0.25, -0.2) is 9.59 Å². The molecule has 8 heteroatoms. The van der Waals surface area contributed by atoms with E-state index >= 15 is 0 Å². The molecular formula is C14H22N4O4. The van der Waals surface area contributed by atoms with E-state index in [1.54, 1.807) is 0 Å². The Morgan fingerprint density at radius 3 is 2.50 bits per heavy atom. The van der Waals surface area contributed by atoms with Crippen LogP contribution in [0, 0.1) is 0 Å². The molecule has 1 fully saturated rings. The number of nitrogens with one attached hydrogen (secondary N) is 3. The third-order valence-corrected chi connectivity index (χ3v) is 3.36. The van der Waals surface area contributed by atoms with E-state index < -0.39 is 22.9 Å². The van der Waals surface area contributed by atoms with Crippen molar-refractivity contribution in [3.8, 4) is 0 Å². The smallest absolute Gasteiger partial charge is 0.407 e. The number of anilines is 1.